The van der Waals surface area contributed by atoms with Crippen LogP contribution in [0.2, 0.25) is 0 Å². The van der Waals surface area contributed by atoms with Crippen LogP contribution in [-0.4, -0.2) is 28.9 Å². The first-order chi connectivity index (χ1) is 8.47. The van der Waals surface area contributed by atoms with Gasteiger partial charge in [-0.25, -0.2) is 8.78 Å². The Morgan fingerprint density at radius 1 is 1.44 bits per heavy atom. The standard InChI is InChI=1S/C12H14F2N2OS/c1-2-16(7-6-10(15)18)12(17)8-4-3-5-9(13)11(8)14/h3-5H,2,6-7H2,1H3,(H2,15,18). The predicted octanol–water partition coefficient (Wildman–Crippen LogP) is 2.10. The summed E-state index contributed by atoms with van der Waals surface area (Å²) in [6.45, 7) is 2.41. The van der Waals surface area contributed by atoms with Gasteiger partial charge in [-0.3, -0.25) is 4.79 Å². The molecule has 0 radical (unpaired) electrons. The smallest absolute Gasteiger partial charge is 0.256 e. The SMILES string of the molecule is CCN(CCC(N)=S)C(=O)c1cccc(F)c1F. The van der Waals surface area contributed by atoms with E-state index in [9.17, 15) is 13.6 Å². The minimum absolute atomic E-state index is 0.278. The molecule has 0 bridgehead atoms. The average molecular weight is 272 g/mol. The molecule has 18 heavy (non-hydrogen) atoms. The summed E-state index contributed by atoms with van der Waals surface area (Å²) in [4.78, 5) is 13.6. The summed E-state index contributed by atoms with van der Waals surface area (Å²) in [5.41, 5.74) is 5.07. The molecular formula is C12H14F2N2OS. The topological polar surface area (TPSA) is 46.3 Å². The number of hydrogen-bond acceptors (Lipinski definition) is 2. The largest absolute Gasteiger partial charge is 0.393 e. The van der Waals surface area contributed by atoms with Gasteiger partial charge in [-0.2, -0.15) is 0 Å². The van der Waals surface area contributed by atoms with Gasteiger partial charge in [-0.1, -0.05) is 18.3 Å². The van der Waals surface area contributed by atoms with Crippen LogP contribution < -0.4 is 5.73 Å². The fourth-order valence-electron chi connectivity index (χ4n) is 1.49. The molecule has 0 aliphatic heterocycles. The van der Waals surface area contributed by atoms with Gasteiger partial charge < -0.3 is 10.6 Å². The zero-order valence-electron chi connectivity index (χ0n) is 9.95. The number of carbonyl (C=O) groups is 1. The van der Waals surface area contributed by atoms with Crippen molar-refractivity contribution in [2.24, 2.45) is 5.73 Å². The maximum atomic E-state index is 13.5. The highest BCUT2D eigenvalue weighted by molar-refractivity contribution is 7.80. The van der Waals surface area contributed by atoms with E-state index in [4.69, 9.17) is 18.0 Å². The number of halogens is 2. The fourth-order valence-corrected chi connectivity index (χ4v) is 1.58. The molecule has 6 heteroatoms. The molecule has 3 nitrogen and oxygen atoms in total. The molecule has 1 amide bonds. The summed E-state index contributed by atoms with van der Waals surface area (Å²) in [5, 5.41) is 0. The first-order valence-electron chi connectivity index (χ1n) is 5.49. The molecule has 0 aliphatic carbocycles. The minimum Gasteiger partial charge on any atom is -0.393 e. The Hall–Kier alpha value is -1.56. The van der Waals surface area contributed by atoms with E-state index in [0.717, 1.165) is 6.07 Å². The van der Waals surface area contributed by atoms with Crippen LogP contribution in [0.25, 0.3) is 0 Å². The van der Waals surface area contributed by atoms with Crippen molar-refractivity contribution in [3.05, 3.63) is 35.4 Å². The molecule has 0 spiro atoms. The molecule has 1 rings (SSSR count). The van der Waals surface area contributed by atoms with Crippen LogP contribution in [0.3, 0.4) is 0 Å². The van der Waals surface area contributed by atoms with E-state index in [-0.39, 0.29) is 10.6 Å². The Kier molecular flexibility index (Phi) is 5.15. The Bertz CT molecular complexity index is 465. The first-order valence-corrected chi connectivity index (χ1v) is 5.89. The lowest BCUT2D eigenvalue weighted by atomic mass is 10.1. The third-order valence-electron chi connectivity index (χ3n) is 2.48. The molecule has 0 saturated heterocycles. The van der Waals surface area contributed by atoms with Crippen LogP contribution in [0.4, 0.5) is 8.78 Å². The quantitative estimate of drug-likeness (QED) is 0.835. The van der Waals surface area contributed by atoms with E-state index in [1.807, 2.05) is 0 Å². The minimum atomic E-state index is -1.13. The van der Waals surface area contributed by atoms with Crippen molar-refractivity contribution in [2.75, 3.05) is 13.1 Å². The van der Waals surface area contributed by atoms with E-state index in [1.165, 1.54) is 17.0 Å². The summed E-state index contributed by atoms with van der Waals surface area (Å²) >= 11 is 4.72. The Labute approximate surface area is 110 Å². The lowest BCUT2D eigenvalue weighted by molar-refractivity contribution is 0.0763. The maximum Gasteiger partial charge on any atom is 0.256 e. The number of hydrogen-bond donors (Lipinski definition) is 1. The molecule has 0 heterocycles. The third-order valence-corrected chi connectivity index (χ3v) is 2.68. The second-order valence-electron chi connectivity index (χ2n) is 3.70. The molecule has 2 N–H and O–H groups in total. The van der Waals surface area contributed by atoms with E-state index in [1.54, 1.807) is 6.92 Å². The van der Waals surface area contributed by atoms with E-state index in [2.05, 4.69) is 0 Å². The van der Waals surface area contributed by atoms with Gasteiger partial charge in [0.05, 0.1) is 10.6 Å². The molecular weight excluding hydrogens is 258 g/mol. The lowest BCUT2D eigenvalue weighted by Crippen LogP contribution is -2.34. The number of carbonyl (C=O) groups excluding carboxylic acids is 1. The van der Waals surface area contributed by atoms with Gasteiger partial charge in [0.25, 0.3) is 5.91 Å². The van der Waals surface area contributed by atoms with Crippen LogP contribution >= 0.6 is 12.2 Å². The van der Waals surface area contributed by atoms with E-state index < -0.39 is 17.5 Å². The number of thiocarbonyl (C=S) groups is 1. The van der Waals surface area contributed by atoms with Gasteiger partial charge in [0.2, 0.25) is 0 Å². The summed E-state index contributed by atoms with van der Waals surface area (Å²) in [7, 11) is 0. The summed E-state index contributed by atoms with van der Waals surface area (Å²) in [6, 6.07) is 3.52. The number of rotatable bonds is 5. The molecule has 1 aromatic rings. The summed E-state index contributed by atoms with van der Waals surface area (Å²) in [6.07, 6.45) is 0.353. The van der Waals surface area contributed by atoms with Crippen LogP contribution in [0.5, 0.6) is 0 Å². The Morgan fingerprint density at radius 2 is 2.11 bits per heavy atom. The van der Waals surface area contributed by atoms with Crippen molar-refractivity contribution in [3.63, 3.8) is 0 Å². The monoisotopic (exact) mass is 272 g/mol. The molecule has 0 atom stereocenters. The van der Waals surface area contributed by atoms with Crippen LogP contribution in [0.15, 0.2) is 18.2 Å². The van der Waals surface area contributed by atoms with Crippen molar-refractivity contribution in [2.45, 2.75) is 13.3 Å². The molecule has 0 aromatic heterocycles. The number of amides is 1. The predicted molar refractivity (Wildman–Crippen MR) is 69.3 cm³/mol. The van der Waals surface area contributed by atoms with Crippen LogP contribution in [0.1, 0.15) is 23.7 Å². The van der Waals surface area contributed by atoms with Gasteiger partial charge in [0.15, 0.2) is 11.6 Å². The normalized spacial score (nSPS) is 10.2. The second kappa shape index (κ2) is 6.39. The van der Waals surface area contributed by atoms with Crippen molar-refractivity contribution >= 4 is 23.1 Å². The van der Waals surface area contributed by atoms with Crippen molar-refractivity contribution in [1.29, 1.82) is 0 Å². The van der Waals surface area contributed by atoms with Crippen LogP contribution in [0, 0.1) is 11.6 Å². The molecule has 0 saturated carbocycles. The molecule has 98 valence electrons. The van der Waals surface area contributed by atoms with Crippen molar-refractivity contribution < 1.29 is 13.6 Å². The van der Waals surface area contributed by atoms with Crippen molar-refractivity contribution in [1.82, 2.24) is 4.90 Å². The maximum absolute atomic E-state index is 13.5. The average Bonchev–Trinajstić information content (AvgIpc) is 2.32. The first kappa shape index (κ1) is 14.5. The van der Waals surface area contributed by atoms with Gasteiger partial charge in [-0.15, -0.1) is 0 Å². The number of nitrogens with two attached hydrogens (primary N) is 1. The highest BCUT2D eigenvalue weighted by atomic mass is 32.1. The van der Waals surface area contributed by atoms with E-state index in [0.29, 0.717) is 19.5 Å². The van der Waals surface area contributed by atoms with Gasteiger partial charge >= 0.3 is 0 Å². The van der Waals surface area contributed by atoms with Gasteiger partial charge in [-0.05, 0) is 19.1 Å². The third kappa shape index (κ3) is 3.46. The summed E-state index contributed by atoms with van der Waals surface area (Å²) < 4.78 is 26.5. The number of benzene rings is 1. The fraction of sp³-hybridized carbons (Fsp3) is 0.333. The number of nitrogens with zero attached hydrogens (tertiary/aromatic N) is 1. The highest BCUT2D eigenvalue weighted by Gasteiger charge is 2.19. The zero-order valence-corrected chi connectivity index (χ0v) is 10.8. The van der Waals surface area contributed by atoms with Crippen molar-refractivity contribution in [3.8, 4) is 0 Å². The van der Waals surface area contributed by atoms with Crippen LogP contribution in [-0.2, 0) is 0 Å². The zero-order chi connectivity index (χ0) is 13.7. The van der Waals surface area contributed by atoms with Gasteiger partial charge in [0.1, 0.15) is 0 Å². The molecule has 1 aromatic carbocycles. The Morgan fingerprint density at radius 3 is 2.67 bits per heavy atom. The Balaban J connectivity index is 2.89. The summed E-state index contributed by atoms with van der Waals surface area (Å²) in [5.74, 6) is -2.73. The van der Waals surface area contributed by atoms with Gasteiger partial charge in [0, 0.05) is 19.5 Å². The second-order valence-corrected chi connectivity index (χ2v) is 4.23. The molecule has 0 aliphatic rings. The van der Waals surface area contributed by atoms with E-state index >= 15 is 0 Å². The molecule has 0 fully saturated rings. The lowest BCUT2D eigenvalue weighted by Gasteiger charge is -2.20. The highest BCUT2D eigenvalue weighted by Crippen LogP contribution is 2.14. The molecule has 0 unspecified atom stereocenters.